The molecule has 18 heavy (non-hydrogen) atoms. The molecule has 3 rings (SSSR count). The summed E-state index contributed by atoms with van der Waals surface area (Å²) in [5.74, 6) is 0. The largest absolute Gasteiger partial charge is 0.391 e. The van der Waals surface area contributed by atoms with Crippen molar-refractivity contribution in [3.8, 4) is 0 Å². The van der Waals surface area contributed by atoms with Crippen molar-refractivity contribution in [1.82, 2.24) is 14.5 Å². The van der Waals surface area contributed by atoms with Gasteiger partial charge in [-0.2, -0.15) is 5.10 Å². The Kier molecular flexibility index (Phi) is 2.72. The maximum atomic E-state index is 11.9. The van der Waals surface area contributed by atoms with Crippen LogP contribution in [0.15, 0.2) is 12.4 Å². The van der Waals surface area contributed by atoms with Gasteiger partial charge in [0.25, 0.3) is 0 Å². The van der Waals surface area contributed by atoms with E-state index in [-0.39, 0.29) is 17.3 Å². The lowest BCUT2D eigenvalue weighted by molar-refractivity contribution is 0.000504. The van der Waals surface area contributed by atoms with E-state index in [9.17, 15) is 13.5 Å². The molecule has 2 aliphatic carbocycles. The van der Waals surface area contributed by atoms with Gasteiger partial charge in [-0.1, -0.05) is 0 Å². The van der Waals surface area contributed by atoms with Crippen molar-refractivity contribution in [2.24, 2.45) is 0 Å². The van der Waals surface area contributed by atoms with Gasteiger partial charge in [-0.3, -0.25) is 4.68 Å². The van der Waals surface area contributed by atoms with E-state index in [1.54, 1.807) is 10.9 Å². The number of aliphatic hydroxyl groups excluding tert-OH is 1. The molecule has 6 nitrogen and oxygen atoms in total. The summed E-state index contributed by atoms with van der Waals surface area (Å²) in [5.41, 5.74) is 0.998. The quantitative estimate of drug-likeness (QED) is 0.804. The Morgan fingerprint density at radius 1 is 1.50 bits per heavy atom. The topological polar surface area (TPSA) is 84.2 Å². The molecule has 1 aromatic rings. The highest BCUT2D eigenvalue weighted by molar-refractivity contribution is 7.90. The van der Waals surface area contributed by atoms with Crippen LogP contribution < -0.4 is 4.72 Å². The molecule has 7 heteroatoms. The summed E-state index contributed by atoms with van der Waals surface area (Å²) in [4.78, 5) is 0. The van der Waals surface area contributed by atoms with E-state index in [2.05, 4.69) is 9.82 Å². The minimum atomic E-state index is -3.21. The number of hydrogen-bond donors (Lipinski definition) is 2. The van der Waals surface area contributed by atoms with Crippen LogP contribution >= 0.6 is 0 Å². The van der Waals surface area contributed by atoms with Crippen molar-refractivity contribution in [1.29, 1.82) is 0 Å². The van der Waals surface area contributed by atoms with Gasteiger partial charge in [0.15, 0.2) is 0 Å². The van der Waals surface area contributed by atoms with Gasteiger partial charge in [0, 0.05) is 12.2 Å². The lowest BCUT2D eigenvalue weighted by atomic mass is 9.84. The molecular formula is C11H17N3O3S. The predicted molar refractivity (Wildman–Crippen MR) is 65.5 cm³/mol. The van der Waals surface area contributed by atoms with Crippen LogP contribution in [-0.2, 0) is 10.0 Å². The van der Waals surface area contributed by atoms with Gasteiger partial charge in [-0.15, -0.1) is 0 Å². The molecule has 0 unspecified atom stereocenters. The molecule has 3 atom stereocenters. The van der Waals surface area contributed by atoms with Crippen LogP contribution in [0.1, 0.15) is 30.9 Å². The minimum absolute atomic E-state index is 0.227. The van der Waals surface area contributed by atoms with Crippen molar-refractivity contribution in [3.63, 3.8) is 0 Å². The molecule has 0 aromatic carbocycles. The Balaban J connectivity index is 1.74. The maximum Gasteiger partial charge on any atom is 0.214 e. The molecule has 100 valence electrons. The Bertz CT molecular complexity index is 550. The second kappa shape index (κ2) is 4.04. The summed E-state index contributed by atoms with van der Waals surface area (Å²) in [6, 6.07) is -0.530. The van der Waals surface area contributed by atoms with Gasteiger partial charge in [0.1, 0.15) is 0 Å². The van der Waals surface area contributed by atoms with Gasteiger partial charge in [-0.05, 0) is 31.7 Å². The number of rotatable bonds is 4. The van der Waals surface area contributed by atoms with Crippen LogP contribution in [0.4, 0.5) is 0 Å². The first-order chi connectivity index (χ1) is 8.47. The first kappa shape index (κ1) is 12.1. The van der Waals surface area contributed by atoms with Crippen molar-refractivity contribution < 1.29 is 13.5 Å². The van der Waals surface area contributed by atoms with E-state index in [4.69, 9.17) is 0 Å². The smallest absolute Gasteiger partial charge is 0.214 e. The number of hydrogen-bond acceptors (Lipinski definition) is 4. The van der Waals surface area contributed by atoms with E-state index in [1.807, 2.05) is 13.1 Å². The summed E-state index contributed by atoms with van der Waals surface area (Å²) >= 11 is 0. The number of aromatic nitrogens is 2. The zero-order valence-electron chi connectivity index (χ0n) is 10.2. The highest BCUT2D eigenvalue weighted by atomic mass is 32.2. The van der Waals surface area contributed by atoms with Crippen molar-refractivity contribution in [2.45, 2.75) is 49.6 Å². The predicted octanol–water partition coefficient (Wildman–Crippen LogP) is -0.0524. The first-order valence-corrected chi connectivity index (χ1v) is 7.72. The Morgan fingerprint density at radius 2 is 2.22 bits per heavy atom. The van der Waals surface area contributed by atoms with Crippen LogP contribution in [0.3, 0.4) is 0 Å². The Morgan fingerprint density at radius 3 is 2.72 bits per heavy atom. The Labute approximate surface area is 106 Å². The van der Waals surface area contributed by atoms with Gasteiger partial charge in [0.2, 0.25) is 10.0 Å². The van der Waals surface area contributed by atoms with E-state index >= 15 is 0 Å². The van der Waals surface area contributed by atoms with E-state index in [1.165, 1.54) is 0 Å². The normalized spacial score (nSPS) is 32.2. The molecular weight excluding hydrogens is 254 g/mol. The molecule has 2 N–H and O–H groups in total. The van der Waals surface area contributed by atoms with Crippen LogP contribution in [0.2, 0.25) is 0 Å². The number of nitrogens with zero attached hydrogens (tertiary/aromatic N) is 2. The number of aryl methyl sites for hydroxylation is 1. The Hall–Kier alpha value is -0.920. The van der Waals surface area contributed by atoms with Crippen LogP contribution in [0.25, 0.3) is 0 Å². The van der Waals surface area contributed by atoms with Crippen LogP contribution in [0, 0.1) is 6.92 Å². The molecule has 0 spiro atoms. The summed E-state index contributed by atoms with van der Waals surface area (Å²) in [6.45, 7) is 1.91. The third kappa shape index (κ3) is 2.06. The third-order valence-corrected chi connectivity index (χ3v) is 5.60. The standard InChI is InChI=1S/C11H17N3O3S/c1-7-5-12-14(6-7)11-9(4-10(11)15)13-18(16,17)8-2-3-8/h5-6,8-11,13,15H,2-4H2,1H3/t9-,10+,11+/m0/s1. The second-order valence-corrected chi connectivity index (χ2v) is 7.25. The average molecular weight is 271 g/mol. The molecule has 2 fully saturated rings. The molecule has 2 aliphatic rings. The molecule has 0 aliphatic heterocycles. The van der Waals surface area contributed by atoms with Gasteiger partial charge in [0.05, 0.1) is 23.6 Å². The third-order valence-electron chi connectivity index (χ3n) is 3.62. The molecule has 0 radical (unpaired) electrons. The van der Waals surface area contributed by atoms with Crippen molar-refractivity contribution in [2.75, 3.05) is 0 Å². The fourth-order valence-electron chi connectivity index (χ4n) is 2.37. The van der Waals surface area contributed by atoms with Crippen molar-refractivity contribution in [3.05, 3.63) is 18.0 Å². The van der Waals surface area contributed by atoms with Gasteiger partial charge < -0.3 is 5.11 Å². The van der Waals surface area contributed by atoms with Gasteiger partial charge in [-0.25, -0.2) is 13.1 Å². The fourth-order valence-corrected chi connectivity index (χ4v) is 3.98. The second-order valence-electron chi connectivity index (χ2n) is 5.26. The fraction of sp³-hybridized carbons (Fsp3) is 0.727. The SMILES string of the molecule is Cc1cnn([C@H]2[C@H](O)C[C@@H]2NS(=O)(=O)C2CC2)c1. The highest BCUT2D eigenvalue weighted by Crippen LogP contribution is 2.35. The number of aliphatic hydroxyl groups is 1. The van der Waals surface area contributed by atoms with E-state index in [0.717, 1.165) is 18.4 Å². The molecule has 1 heterocycles. The van der Waals surface area contributed by atoms with Gasteiger partial charge >= 0.3 is 0 Å². The molecule has 2 saturated carbocycles. The van der Waals surface area contributed by atoms with Crippen molar-refractivity contribution >= 4 is 10.0 Å². The number of nitrogens with one attached hydrogen (secondary N) is 1. The molecule has 0 saturated heterocycles. The zero-order chi connectivity index (χ0) is 12.9. The number of sulfonamides is 1. The maximum absolute atomic E-state index is 11.9. The summed E-state index contributed by atoms with van der Waals surface area (Å²) in [5, 5.41) is 13.7. The van der Waals surface area contributed by atoms with E-state index < -0.39 is 16.1 Å². The first-order valence-electron chi connectivity index (χ1n) is 6.17. The summed E-state index contributed by atoms with van der Waals surface area (Å²) in [7, 11) is -3.21. The van der Waals surface area contributed by atoms with Crippen LogP contribution in [0.5, 0.6) is 0 Å². The molecule has 0 amide bonds. The summed E-state index contributed by atoms with van der Waals surface area (Å²) < 4.78 is 28.1. The average Bonchev–Trinajstić information content (AvgIpc) is 3.04. The lowest BCUT2D eigenvalue weighted by Crippen LogP contribution is -2.56. The minimum Gasteiger partial charge on any atom is -0.391 e. The monoisotopic (exact) mass is 271 g/mol. The van der Waals surface area contributed by atoms with E-state index in [0.29, 0.717) is 6.42 Å². The highest BCUT2D eigenvalue weighted by Gasteiger charge is 2.46. The zero-order valence-corrected chi connectivity index (χ0v) is 11.0. The van der Waals surface area contributed by atoms with Crippen LogP contribution in [-0.4, -0.2) is 40.7 Å². The summed E-state index contributed by atoms with van der Waals surface area (Å²) in [6.07, 6.45) is 4.95. The molecule has 1 aromatic heterocycles. The lowest BCUT2D eigenvalue weighted by Gasteiger charge is -2.41. The molecule has 0 bridgehead atoms.